The van der Waals surface area contributed by atoms with Crippen LogP contribution in [-0.2, 0) is 6.42 Å². The van der Waals surface area contributed by atoms with Crippen molar-refractivity contribution in [1.82, 2.24) is 10.3 Å². The number of oxazole rings is 1. The third-order valence-corrected chi connectivity index (χ3v) is 2.82. The molecule has 84 valence electrons. The summed E-state index contributed by atoms with van der Waals surface area (Å²) in [6.45, 7) is 3.23. The number of hydrogen-bond acceptors (Lipinski definition) is 4. The zero-order valence-corrected chi connectivity index (χ0v) is 9.12. The smallest absolute Gasteiger partial charge is 0.194 e. The third kappa shape index (κ3) is 2.38. The monoisotopic (exact) mass is 210 g/mol. The molecule has 1 unspecified atom stereocenters. The largest absolute Gasteiger partial charge is 0.446 e. The maximum Gasteiger partial charge on any atom is 0.194 e. The van der Waals surface area contributed by atoms with Gasteiger partial charge in [-0.1, -0.05) is 0 Å². The lowest BCUT2D eigenvalue weighted by Crippen LogP contribution is -2.14. The van der Waals surface area contributed by atoms with Gasteiger partial charge in [0.2, 0.25) is 0 Å². The Morgan fingerprint density at radius 3 is 3.13 bits per heavy atom. The Kier molecular flexibility index (Phi) is 3.38. The molecule has 4 nitrogen and oxygen atoms in total. The van der Waals surface area contributed by atoms with E-state index in [4.69, 9.17) is 9.52 Å². The first-order chi connectivity index (χ1) is 7.31. The molecule has 1 aromatic rings. The molecule has 1 aromatic heterocycles. The molecule has 0 amide bonds. The van der Waals surface area contributed by atoms with Crippen LogP contribution in [-0.4, -0.2) is 23.2 Å². The van der Waals surface area contributed by atoms with Crippen molar-refractivity contribution in [3.05, 3.63) is 17.3 Å². The van der Waals surface area contributed by atoms with Gasteiger partial charge in [-0.3, -0.25) is 0 Å². The van der Waals surface area contributed by atoms with Crippen LogP contribution in [0.1, 0.15) is 42.6 Å². The van der Waals surface area contributed by atoms with Crippen molar-refractivity contribution in [2.24, 2.45) is 0 Å². The predicted octanol–water partition coefficient (Wildman–Crippen LogP) is 1.33. The van der Waals surface area contributed by atoms with Crippen molar-refractivity contribution >= 4 is 0 Å². The van der Waals surface area contributed by atoms with E-state index in [9.17, 15) is 0 Å². The first-order valence-electron chi connectivity index (χ1n) is 5.61. The van der Waals surface area contributed by atoms with E-state index in [0.29, 0.717) is 6.04 Å². The van der Waals surface area contributed by atoms with Gasteiger partial charge in [0.05, 0.1) is 11.7 Å². The van der Waals surface area contributed by atoms with Crippen LogP contribution in [0.2, 0.25) is 0 Å². The minimum Gasteiger partial charge on any atom is -0.446 e. The number of aryl methyl sites for hydroxylation is 2. The van der Waals surface area contributed by atoms with Crippen molar-refractivity contribution in [3.8, 4) is 0 Å². The van der Waals surface area contributed by atoms with Crippen LogP contribution in [0.25, 0.3) is 0 Å². The normalized spacial score (nSPS) is 21.1. The van der Waals surface area contributed by atoms with Gasteiger partial charge in [-0.05, 0) is 32.7 Å². The Morgan fingerprint density at radius 1 is 1.60 bits per heavy atom. The summed E-state index contributed by atoms with van der Waals surface area (Å²) in [4.78, 5) is 4.49. The first-order valence-corrected chi connectivity index (χ1v) is 5.61. The lowest BCUT2D eigenvalue weighted by molar-refractivity contribution is 0.282. The quantitative estimate of drug-likeness (QED) is 0.787. The molecule has 4 heteroatoms. The number of aromatic nitrogens is 1. The van der Waals surface area contributed by atoms with E-state index in [1.54, 1.807) is 0 Å². The lowest BCUT2D eigenvalue weighted by Gasteiger charge is -2.05. The van der Waals surface area contributed by atoms with Crippen LogP contribution < -0.4 is 5.32 Å². The highest BCUT2D eigenvalue weighted by Crippen LogP contribution is 2.25. The van der Waals surface area contributed by atoms with Gasteiger partial charge >= 0.3 is 0 Å². The molecule has 1 saturated heterocycles. The van der Waals surface area contributed by atoms with Crippen molar-refractivity contribution in [1.29, 1.82) is 0 Å². The van der Waals surface area contributed by atoms with Gasteiger partial charge < -0.3 is 14.8 Å². The molecule has 15 heavy (non-hydrogen) atoms. The maximum absolute atomic E-state index is 8.73. The van der Waals surface area contributed by atoms with Crippen LogP contribution >= 0.6 is 0 Å². The summed E-state index contributed by atoms with van der Waals surface area (Å²) in [6.07, 6.45) is 3.80. The number of hydrogen-bond donors (Lipinski definition) is 2. The van der Waals surface area contributed by atoms with E-state index in [1.807, 2.05) is 6.92 Å². The number of aliphatic hydroxyl groups excluding tert-OH is 1. The number of nitrogens with one attached hydrogen (secondary N) is 1. The van der Waals surface area contributed by atoms with Crippen molar-refractivity contribution in [2.75, 3.05) is 13.2 Å². The number of rotatable bonds is 4. The second-order valence-electron chi connectivity index (χ2n) is 4.03. The Bertz CT molecular complexity index is 316. The molecule has 1 aliphatic heterocycles. The summed E-state index contributed by atoms with van der Waals surface area (Å²) in [6, 6.07) is 0.372. The topological polar surface area (TPSA) is 58.3 Å². The fourth-order valence-corrected chi connectivity index (χ4v) is 2.04. The molecule has 1 aliphatic rings. The van der Waals surface area contributed by atoms with Crippen LogP contribution in [0.4, 0.5) is 0 Å². The second kappa shape index (κ2) is 4.77. The summed E-state index contributed by atoms with van der Waals surface area (Å²) in [5.41, 5.74) is 1.06. The van der Waals surface area contributed by atoms with E-state index < -0.39 is 0 Å². The average Bonchev–Trinajstić information content (AvgIpc) is 2.83. The van der Waals surface area contributed by atoms with Crippen LogP contribution in [0, 0.1) is 6.92 Å². The van der Waals surface area contributed by atoms with E-state index in [0.717, 1.165) is 43.2 Å². The van der Waals surface area contributed by atoms with Gasteiger partial charge in [0.25, 0.3) is 0 Å². The highest BCUT2D eigenvalue weighted by Gasteiger charge is 2.22. The fourth-order valence-electron chi connectivity index (χ4n) is 2.04. The van der Waals surface area contributed by atoms with Crippen molar-refractivity contribution in [2.45, 2.75) is 38.6 Å². The van der Waals surface area contributed by atoms with Crippen molar-refractivity contribution in [3.63, 3.8) is 0 Å². The zero-order chi connectivity index (χ0) is 10.7. The first kappa shape index (κ1) is 10.6. The minimum atomic E-state index is 0.193. The van der Waals surface area contributed by atoms with Gasteiger partial charge in [-0.15, -0.1) is 0 Å². The summed E-state index contributed by atoms with van der Waals surface area (Å²) in [5.74, 6) is 1.67. The standard InChI is InChI=1S/C11H18N2O2/c1-8-11(9-4-2-6-12-9)13-10(15-8)5-3-7-14/h9,12,14H,2-7H2,1H3. The van der Waals surface area contributed by atoms with Gasteiger partial charge in [-0.2, -0.15) is 0 Å². The van der Waals surface area contributed by atoms with E-state index in [1.165, 1.54) is 6.42 Å². The molecule has 0 radical (unpaired) electrons. The Balaban J connectivity index is 2.06. The molecule has 0 saturated carbocycles. The van der Waals surface area contributed by atoms with Crippen molar-refractivity contribution < 1.29 is 9.52 Å². The second-order valence-corrected chi connectivity index (χ2v) is 4.03. The Morgan fingerprint density at radius 2 is 2.47 bits per heavy atom. The van der Waals surface area contributed by atoms with Crippen LogP contribution in [0.15, 0.2) is 4.42 Å². The number of nitrogens with zero attached hydrogens (tertiary/aromatic N) is 1. The number of aliphatic hydroxyl groups is 1. The molecule has 0 aliphatic carbocycles. The molecule has 0 aromatic carbocycles. The molecular formula is C11H18N2O2. The molecule has 1 atom stereocenters. The SMILES string of the molecule is Cc1oc(CCCO)nc1C1CCCN1. The molecule has 1 fully saturated rings. The molecular weight excluding hydrogens is 192 g/mol. The minimum absolute atomic E-state index is 0.193. The molecule has 2 N–H and O–H groups in total. The van der Waals surface area contributed by atoms with Crippen LogP contribution in [0.5, 0.6) is 0 Å². The molecule has 0 spiro atoms. The van der Waals surface area contributed by atoms with E-state index >= 15 is 0 Å². The third-order valence-electron chi connectivity index (χ3n) is 2.82. The summed E-state index contributed by atoms with van der Waals surface area (Å²) in [5, 5.41) is 12.1. The van der Waals surface area contributed by atoms with Gasteiger partial charge in [0.1, 0.15) is 5.76 Å². The Hall–Kier alpha value is -0.870. The fraction of sp³-hybridized carbons (Fsp3) is 0.727. The van der Waals surface area contributed by atoms with Crippen LogP contribution in [0.3, 0.4) is 0 Å². The average molecular weight is 210 g/mol. The zero-order valence-electron chi connectivity index (χ0n) is 9.12. The summed E-state index contributed by atoms with van der Waals surface area (Å²) in [7, 11) is 0. The summed E-state index contributed by atoms with van der Waals surface area (Å²) >= 11 is 0. The van der Waals surface area contributed by atoms with Gasteiger partial charge in [0, 0.05) is 13.0 Å². The highest BCUT2D eigenvalue weighted by molar-refractivity contribution is 5.14. The Labute approximate surface area is 89.7 Å². The van der Waals surface area contributed by atoms with E-state index in [2.05, 4.69) is 10.3 Å². The highest BCUT2D eigenvalue weighted by atomic mass is 16.4. The van der Waals surface area contributed by atoms with Gasteiger partial charge in [0.15, 0.2) is 5.89 Å². The summed E-state index contributed by atoms with van der Waals surface area (Å²) < 4.78 is 5.57. The van der Waals surface area contributed by atoms with Gasteiger partial charge in [-0.25, -0.2) is 4.98 Å². The molecule has 2 heterocycles. The molecule has 0 bridgehead atoms. The molecule has 2 rings (SSSR count). The predicted molar refractivity (Wildman–Crippen MR) is 56.6 cm³/mol. The lowest BCUT2D eigenvalue weighted by atomic mass is 10.1. The van der Waals surface area contributed by atoms with E-state index in [-0.39, 0.29) is 6.61 Å². The maximum atomic E-state index is 8.73.